The van der Waals surface area contributed by atoms with Crippen LogP contribution in [0.25, 0.3) is 0 Å². The van der Waals surface area contributed by atoms with Crippen LogP contribution in [0.2, 0.25) is 0 Å². The monoisotopic (exact) mass is 228 g/mol. The van der Waals surface area contributed by atoms with Crippen molar-refractivity contribution < 1.29 is 13.9 Å². The number of rotatable bonds is 5. The molecule has 0 bridgehead atoms. The molecule has 1 rings (SSSR count). The van der Waals surface area contributed by atoms with Gasteiger partial charge in [-0.3, -0.25) is 0 Å². The van der Waals surface area contributed by atoms with E-state index in [2.05, 4.69) is 0 Å². The fraction of sp³-hybridized carbons (Fsp3) is 0.538. The first-order chi connectivity index (χ1) is 7.50. The third kappa shape index (κ3) is 3.27. The van der Waals surface area contributed by atoms with Crippen molar-refractivity contribution in [2.75, 3.05) is 6.61 Å². The molecule has 0 fully saturated rings. The van der Waals surface area contributed by atoms with E-state index in [-0.39, 0.29) is 12.0 Å². The molecule has 0 radical (unpaired) electrons. The zero-order valence-electron chi connectivity index (χ0n) is 9.76. The van der Waals surface area contributed by atoms with E-state index >= 15 is 0 Å². The molecular formula is C13H18F2O. The van der Waals surface area contributed by atoms with Crippen molar-refractivity contribution in [3.63, 3.8) is 0 Å². The van der Waals surface area contributed by atoms with Gasteiger partial charge in [-0.15, -0.1) is 0 Å². The van der Waals surface area contributed by atoms with Gasteiger partial charge in [0.05, 0.1) is 0 Å². The van der Waals surface area contributed by atoms with Gasteiger partial charge in [0.2, 0.25) is 0 Å². The number of benzene rings is 1. The molecule has 0 aliphatic carbocycles. The highest BCUT2D eigenvalue weighted by Gasteiger charge is 2.24. The summed E-state index contributed by atoms with van der Waals surface area (Å²) in [5.74, 6) is -1.10. The van der Waals surface area contributed by atoms with Crippen LogP contribution in [0.15, 0.2) is 18.2 Å². The number of hydrogen-bond acceptors (Lipinski definition) is 1. The van der Waals surface area contributed by atoms with Crippen molar-refractivity contribution in [2.45, 2.75) is 33.1 Å². The smallest absolute Gasteiger partial charge is 0.129 e. The summed E-state index contributed by atoms with van der Waals surface area (Å²) in [6.07, 6.45) is 2.18. The zero-order chi connectivity index (χ0) is 12.2. The number of hydrogen-bond donors (Lipinski definition) is 1. The summed E-state index contributed by atoms with van der Waals surface area (Å²) in [4.78, 5) is 0. The zero-order valence-corrected chi connectivity index (χ0v) is 9.76. The van der Waals surface area contributed by atoms with Gasteiger partial charge < -0.3 is 5.11 Å². The van der Waals surface area contributed by atoms with Gasteiger partial charge in [-0.05, 0) is 29.9 Å². The average molecular weight is 228 g/mol. The molecule has 1 N–H and O–H groups in total. The first-order valence-corrected chi connectivity index (χ1v) is 5.55. The van der Waals surface area contributed by atoms with Crippen molar-refractivity contribution in [1.29, 1.82) is 0 Å². The Hall–Kier alpha value is -0.960. The first-order valence-electron chi connectivity index (χ1n) is 5.55. The molecule has 0 aliphatic rings. The standard InChI is InChI=1S/C13H18F2O/c1-3-6-13(2,9-16)8-10-4-5-11(14)7-12(10)15/h4-5,7,16H,3,6,8-9H2,1-2H3. The third-order valence-corrected chi connectivity index (χ3v) is 2.87. The quantitative estimate of drug-likeness (QED) is 0.819. The molecule has 1 nitrogen and oxygen atoms in total. The highest BCUT2D eigenvalue weighted by atomic mass is 19.1. The van der Waals surface area contributed by atoms with Gasteiger partial charge in [-0.25, -0.2) is 8.78 Å². The van der Waals surface area contributed by atoms with Gasteiger partial charge in [-0.2, -0.15) is 0 Å². The Labute approximate surface area is 95.1 Å². The summed E-state index contributed by atoms with van der Waals surface area (Å²) in [5, 5.41) is 9.33. The van der Waals surface area contributed by atoms with Gasteiger partial charge in [0.25, 0.3) is 0 Å². The molecule has 1 unspecified atom stereocenters. The maximum absolute atomic E-state index is 13.4. The lowest BCUT2D eigenvalue weighted by molar-refractivity contribution is 0.130. The highest BCUT2D eigenvalue weighted by Crippen LogP contribution is 2.28. The van der Waals surface area contributed by atoms with Crippen LogP contribution in [0.4, 0.5) is 8.78 Å². The van der Waals surface area contributed by atoms with Crippen molar-refractivity contribution in [3.05, 3.63) is 35.4 Å². The minimum absolute atomic E-state index is 0.0116. The Morgan fingerprint density at radius 1 is 1.31 bits per heavy atom. The predicted octanol–water partition coefficient (Wildman–Crippen LogP) is 3.31. The topological polar surface area (TPSA) is 20.2 Å². The molecule has 16 heavy (non-hydrogen) atoms. The van der Waals surface area contributed by atoms with E-state index in [1.807, 2.05) is 13.8 Å². The van der Waals surface area contributed by atoms with Crippen LogP contribution < -0.4 is 0 Å². The van der Waals surface area contributed by atoms with Gasteiger partial charge in [0.1, 0.15) is 11.6 Å². The van der Waals surface area contributed by atoms with Gasteiger partial charge in [-0.1, -0.05) is 26.3 Å². The van der Waals surface area contributed by atoms with Gasteiger partial charge >= 0.3 is 0 Å². The normalized spacial score (nSPS) is 14.8. The maximum Gasteiger partial charge on any atom is 0.129 e. The fourth-order valence-electron chi connectivity index (χ4n) is 1.95. The second-order valence-electron chi connectivity index (χ2n) is 4.63. The summed E-state index contributed by atoms with van der Waals surface area (Å²) in [6, 6.07) is 3.59. The van der Waals surface area contributed by atoms with Crippen molar-refractivity contribution in [2.24, 2.45) is 5.41 Å². The number of aliphatic hydroxyl groups excluding tert-OH is 1. The second-order valence-corrected chi connectivity index (χ2v) is 4.63. The van der Waals surface area contributed by atoms with Crippen LogP contribution in [0.5, 0.6) is 0 Å². The van der Waals surface area contributed by atoms with E-state index in [9.17, 15) is 13.9 Å². The minimum Gasteiger partial charge on any atom is -0.396 e. The van der Waals surface area contributed by atoms with Crippen molar-refractivity contribution in [3.8, 4) is 0 Å². The minimum atomic E-state index is -0.567. The lowest BCUT2D eigenvalue weighted by atomic mass is 9.80. The van der Waals surface area contributed by atoms with Crippen LogP contribution in [0.3, 0.4) is 0 Å². The summed E-state index contributed by atoms with van der Waals surface area (Å²) in [6.45, 7) is 3.95. The van der Waals surface area contributed by atoms with Gasteiger partial charge in [0, 0.05) is 12.7 Å². The molecule has 0 aliphatic heterocycles. The number of aliphatic hydroxyl groups is 1. The predicted molar refractivity (Wildman–Crippen MR) is 60.2 cm³/mol. The van der Waals surface area contributed by atoms with Crippen LogP contribution in [-0.2, 0) is 6.42 Å². The van der Waals surface area contributed by atoms with E-state index in [4.69, 9.17) is 0 Å². The molecular weight excluding hydrogens is 210 g/mol. The van der Waals surface area contributed by atoms with E-state index in [0.29, 0.717) is 12.0 Å². The van der Waals surface area contributed by atoms with Crippen molar-refractivity contribution in [1.82, 2.24) is 0 Å². The van der Waals surface area contributed by atoms with Gasteiger partial charge in [0.15, 0.2) is 0 Å². The molecule has 0 saturated carbocycles. The van der Waals surface area contributed by atoms with E-state index in [1.165, 1.54) is 12.1 Å². The molecule has 0 heterocycles. The number of halogens is 2. The van der Waals surface area contributed by atoms with E-state index in [1.54, 1.807) is 0 Å². The van der Waals surface area contributed by atoms with E-state index < -0.39 is 11.6 Å². The first kappa shape index (κ1) is 13.1. The molecule has 1 aromatic carbocycles. The summed E-state index contributed by atoms with van der Waals surface area (Å²) in [5.41, 5.74) is 0.138. The Morgan fingerprint density at radius 2 is 2.00 bits per heavy atom. The largest absolute Gasteiger partial charge is 0.396 e. The highest BCUT2D eigenvalue weighted by molar-refractivity contribution is 5.20. The van der Waals surface area contributed by atoms with Crippen LogP contribution in [0, 0.1) is 17.0 Å². The molecule has 0 spiro atoms. The Morgan fingerprint density at radius 3 is 2.50 bits per heavy atom. The van der Waals surface area contributed by atoms with E-state index in [0.717, 1.165) is 18.9 Å². The Kier molecular flexibility index (Phi) is 4.42. The lowest BCUT2D eigenvalue weighted by Gasteiger charge is -2.27. The molecule has 0 amide bonds. The third-order valence-electron chi connectivity index (χ3n) is 2.87. The van der Waals surface area contributed by atoms with Crippen LogP contribution in [-0.4, -0.2) is 11.7 Å². The summed E-state index contributed by atoms with van der Waals surface area (Å²) < 4.78 is 26.2. The molecule has 3 heteroatoms. The average Bonchev–Trinajstić information content (AvgIpc) is 2.23. The molecule has 1 atom stereocenters. The van der Waals surface area contributed by atoms with Crippen molar-refractivity contribution >= 4 is 0 Å². The molecule has 1 aromatic rings. The maximum atomic E-state index is 13.4. The molecule has 0 aromatic heterocycles. The second kappa shape index (κ2) is 5.39. The SMILES string of the molecule is CCCC(C)(CO)Cc1ccc(F)cc1F. The van der Waals surface area contributed by atoms with Crippen LogP contribution in [0.1, 0.15) is 32.3 Å². The Bertz CT molecular complexity index is 352. The molecule has 0 saturated heterocycles. The Balaban J connectivity index is 2.85. The lowest BCUT2D eigenvalue weighted by Crippen LogP contribution is -2.24. The molecule has 90 valence electrons. The van der Waals surface area contributed by atoms with Crippen LogP contribution >= 0.6 is 0 Å². The summed E-state index contributed by atoms with van der Waals surface area (Å²) >= 11 is 0. The summed E-state index contributed by atoms with van der Waals surface area (Å²) in [7, 11) is 0. The fourth-order valence-corrected chi connectivity index (χ4v) is 1.95.